The zero-order valence-electron chi connectivity index (χ0n) is 22.0. The number of hydrogen-bond acceptors (Lipinski definition) is 7. The van der Waals surface area contributed by atoms with Crippen molar-refractivity contribution in [1.82, 2.24) is 16.0 Å². The Bertz CT molecular complexity index is 926. The first-order chi connectivity index (χ1) is 17.9. The van der Waals surface area contributed by atoms with Gasteiger partial charge in [0, 0.05) is 12.8 Å². The van der Waals surface area contributed by atoms with E-state index in [2.05, 4.69) is 16.0 Å². The first-order valence-electron chi connectivity index (χ1n) is 12.8. The maximum Gasteiger partial charge on any atom is 0.326 e. The minimum absolute atomic E-state index is 0.0417. The number of aliphatic carboxylic acids is 2. The molecule has 1 aromatic carbocycles. The maximum atomic E-state index is 13.2. The smallest absolute Gasteiger partial charge is 0.326 e. The molecule has 0 radical (unpaired) electrons. The lowest BCUT2D eigenvalue weighted by atomic mass is 10.0. The van der Waals surface area contributed by atoms with Gasteiger partial charge in [-0.15, -0.1) is 0 Å². The second-order valence-corrected chi connectivity index (χ2v) is 9.66. The van der Waals surface area contributed by atoms with Crippen molar-refractivity contribution in [2.75, 3.05) is 6.54 Å². The lowest BCUT2D eigenvalue weighted by molar-refractivity contribution is -0.142. The molecule has 0 heterocycles. The summed E-state index contributed by atoms with van der Waals surface area (Å²) in [5.74, 6) is -4.37. The van der Waals surface area contributed by atoms with Crippen LogP contribution in [0.25, 0.3) is 0 Å². The predicted molar refractivity (Wildman–Crippen MR) is 141 cm³/mol. The molecule has 0 saturated heterocycles. The summed E-state index contributed by atoms with van der Waals surface area (Å²) in [6.45, 7) is 4.15. The second kappa shape index (κ2) is 17.1. The van der Waals surface area contributed by atoms with E-state index in [0.717, 1.165) is 0 Å². The molecule has 0 aliphatic rings. The number of carboxylic acids is 2. The van der Waals surface area contributed by atoms with Crippen LogP contribution in [0.4, 0.5) is 0 Å². The highest BCUT2D eigenvalue weighted by Crippen LogP contribution is 2.09. The topological polar surface area (TPSA) is 214 Å². The highest BCUT2D eigenvalue weighted by molar-refractivity contribution is 5.94. The lowest BCUT2D eigenvalue weighted by Gasteiger charge is -2.25. The van der Waals surface area contributed by atoms with Crippen molar-refractivity contribution in [3.8, 4) is 0 Å². The summed E-state index contributed by atoms with van der Waals surface area (Å²) in [5, 5.41) is 26.2. The minimum Gasteiger partial charge on any atom is -0.481 e. The summed E-state index contributed by atoms with van der Waals surface area (Å²) in [6.07, 6.45) is 1.01. The van der Waals surface area contributed by atoms with E-state index in [1.54, 1.807) is 30.3 Å². The third kappa shape index (κ3) is 12.6. The van der Waals surface area contributed by atoms with Gasteiger partial charge in [0.2, 0.25) is 17.7 Å². The van der Waals surface area contributed by atoms with Crippen LogP contribution in [0.5, 0.6) is 0 Å². The normalized spacial score (nSPS) is 14.1. The summed E-state index contributed by atoms with van der Waals surface area (Å²) in [4.78, 5) is 61.8. The Morgan fingerprint density at radius 1 is 0.816 bits per heavy atom. The SMILES string of the molecule is CC(C)CC(N)C(=O)NC(CCC(=O)O)C(=O)NC(Cc1ccccc1)C(=O)NC(CCCCN)C(=O)O. The molecule has 0 aliphatic heterocycles. The average molecular weight is 536 g/mol. The maximum absolute atomic E-state index is 13.2. The van der Waals surface area contributed by atoms with Gasteiger partial charge in [-0.25, -0.2) is 4.79 Å². The molecule has 9 N–H and O–H groups in total. The molecule has 0 spiro atoms. The number of carbonyl (C=O) groups excluding carboxylic acids is 3. The molecule has 1 rings (SSSR count). The fraction of sp³-hybridized carbons (Fsp3) is 0.577. The van der Waals surface area contributed by atoms with Gasteiger partial charge < -0.3 is 37.6 Å². The molecule has 0 saturated carbocycles. The van der Waals surface area contributed by atoms with Crippen molar-refractivity contribution in [3.05, 3.63) is 35.9 Å². The second-order valence-electron chi connectivity index (χ2n) is 9.66. The van der Waals surface area contributed by atoms with Gasteiger partial charge in [0.15, 0.2) is 0 Å². The van der Waals surface area contributed by atoms with E-state index in [1.165, 1.54) is 0 Å². The van der Waals surface area contributed by atoms with Crippen LogP contribution in [0.2, 0.25) is 0 Å². The van der Waals surface area contributed by atoms with Gasteiger partial charge in [-0.1, -0.05) is 44.2 Å². The Labute approximate surface area is 222 Å². The van der Waals surface area contributed by atoms with E-state index >= 15 is 0 Å². The highest BCUT2D eigenvalue weighted by Gasteiger charge is 2.30. The molecule has 0 aliphatic carbocycles. The van der Waals surface area contributed by atoms with Gasteiger partial charge in [-0.3, -0.25) is 19.2 Å². The van der Waals surface area contributed by atoms with E-state index in [1.807, 2.05) is 13.8 Å². The molecular weight excluding hydrogens is 494 g/mol. The Morgan fingerprint density at radius 2 is 1.39 bits per heavy atom. The number of benzene rings is 1. The predicted octanol–water partition coefficient (Wildman–Crippen LogP) is 0.135. The number of unbranched alkanes of at least 4 members (excludes halogenated alkanes) is 1. The molecule has 0 bridgehead atoms. The fourth-order valence-corrected chi connectivity index (χ4v) is 3.78. The third-order valence-corrected chi connectivity index (χ3v) is 5.82. The molecule has 12 nitrogen and oxygen atoms in total. The van der Waals surface area contributed by atoms with Crippen molar-refractivity contribution in [1.29, 1.82) is 0 Å². The summed E-state index contributed by atoms with van der Waals surface area (Å²) in [7, 11) is 0. The van der Waals surface area contributed by atoms with Crippen molar-refractivity contribution >= 4 is 29.7 Å². The zero-order chi connectivity index (χ0) is 28.7. The van der Waals surface area contributed by atoms with Crippen LogP contribution < -0.4 is 27.4 Å². The zero-order valence-corrected chi connectivity index (χ0v) is 22.0. The molecule has 3 amide bonds. The van der Waals surface area contributed by atoms with Crippen molar-refractivity contribution < 1.29 is 34.2 Å². The number of hydrogen-bond donors (Lipinski definition) is 7. The number of carboxylic acid groups (broad SMARTS) is 2. The fourth-order valence-electron chi connectivity index (χ4n) is 3.78. The largest absolute Gasteiger partial charge is 0.481 e. The highest BCUT2D eigenvalue weighted by atomic mass is 16.4. The van der Waals surface area contributed by atoms with Crippen molar-refractivity contribution in [3.63, 3.8) is 0 Å². The number of nitrogens with one attached hydrogen (secondary N) is 3. The number of rotatable bonds is 18. The van der Waals surface area contributed by atoms with Crippen molar-refractivity contribution in [2.24, 2.45) is 17.4 Å². The molecule has 212 valence electrons. The molecule has 4 atom stereocenters. The molecule has 0 fully saturated rings. The van der Waals surface area contributed by atoms with E-state index in [4.69, 9.17) is 16.6 Å². The first kappa shape index (κ1) is 32.5. The molecule has 12 heteroatoms. The van der Waals surface area contributed by atoms with Gasteiger partial charge >= 0.3 is 11.9 Å². The van der Waals surface area contributed by atoms with Crippen LogP contribution in [-0.2, 0) is 30.4 Å². The first-order valence-corrected chi connectivity index (χ1v) is 12.8. The van der Waals surface area contributed by atoms with Crippen LogP contribution in [0, 0.1) is 5.92 Å². The van der Waals surface area contributed by atoms with E-state index in [-0.39, 0.29) is 25.2 Å². The van der Waals surface area contributed by atoms with Gasteiger partial charge in [-0.2, -0.15) is 0 Å². The Hall–Kier alpha value is -3.51. The molecule has 0 aromatic heterocycles. The van der Waals surface area contributed by atoms with Crippen LogP contribution in [0.15, 0.2) is 30.3 Å². The van der Waals surface area contributed by atoms with Gasteiger partial charge in [0.05, 0.1) is 6.04 Å². The van der Waals surface area contributed by atoms with E-state index in [9.17, 15) is 29.1 Å². The Balaban J connectivity index is 3.11. The van der Waals surface area contributed by atoms with Gasteiger partial charge in [0.1, 0.15) is 18.1 Å². The molecule has 38 heavy (non-hydrogen) atoms. The van der Waals surface area contributed by atoms with Crippen molar-refractivity contribution in [2.45, 2.75) is 83.0 Å². The lowest BCUT2D eigenvalue weighted by Crippen LogP contribution is -2.57. The van der Waals surface area contributed by atoms with Gasteiger partial charge in [-0.05, 0) is 50.1 Å². The minimum atomic E-state index is -1.26. The molecule has 1 aromatic rings. The van der Waals surface area contributed by atoms with Crippen LogP contribution in [-0.4, -0.2) is 70.6 Å². The van der Waals surface area contributed by atoms with Crippen LogP contribution in [0.3, 0.4) is 0 Å². The van der Waals surface area contributed by atoms with E-state index < -0.39 is 60.2 Å². The number of amides is 3. The Kier molecular flexibility index (Phi) is 14.6. The number of carbonyl (C=O) groups is 5. The van der Waals surface area contributed by atoms with Crippen LogP contribution >= 0.6 is 0 Å². The average Bonchev–Trinajstić information content (AvgIpc) is 2.85. The molecular formula is C26H41N5O7. The standard InChI is InChI=1S/C26H41N5O7/c1-16(2)14-18(28)23(34)29-19(11-12-22(32)33)24(35)31-21(15-17-8-4-3-5-9-17)25(36)30-20(26(37)38)10-6-7-13-27/h3-5,8-9,16,18-21H,6-7,10-15,27-28H2,1-2H3,(H,29,34)(H,30,36)(H,31,35)(H,32,33)(H,37,38). The summed E-state index contributed by atoms with van der Waals surface area (Å²) in [6, 6.07) is 4.26. The Morgan fingerprint density at radius 3 is 1.95 bits per heavy atom. The summed E-state index contributed by atoms with van der Waals surface area (Å²) in [5.41, 5.74) is 12.1. The van der Waals surface area contributed by atoms with Crippen LogP contribution in [0.1, 0.15) is 57.9 Å². The summed E-state index contributed by atoms with van der Waals surface area (Å²) < 4.78 is 0. The third-order valence-electron chi connectivity index (χ3n) is 5.82. The van der Waals surface area contributed by atoms with Gasteiger partial charge in [0.25, 0.3) is 0 Å². The monoisotopic (exact) mass is 535 g/mol. The number of nitrogens with two attached hydrogens (primary N) is 2. The summed E-state index contributed by atoms with van der Waals surface area (Å²) >= 11 is 0. The molecule has 4 unspecified atom stereocenters. The van der Waals surface area contributed by atoms with E-state index in [0.29, 0.717) is 31.4 Å². The quantitative estimate of drug-likeness (QED) is 0.127.